The number of carbonyl (C=O) groups is 1. The van der Waals surface area contributed by atoms with Crippen molar-refractivity contribution in [2.45, 2.75) is 46.5 Å². The van der Waals surface area contributed by atoms with Crippen molar-refractivity contribution in [3.05, 3.63) is 52.2 Å². The van der Waals surface area contributed by atoms with Gasteiger partial charge >= 0.3 is 0 Å². The van der Waals surface area contributed by atoms with Gasteiger partial charge in [-0.05, 0) is 63.1 Å². The van der Waals surface area contributed by atoms with Gasteiger partial charge in [-0.15, -0.1) is 0 Å². The summed E-state index contributed by atoms with van der Waals surface area (Å²) < 4.78 is 18.8. The van der Waals surface area contributed by atoms with Gasteiger partial charge in [0.1, 0.15) is 11.6 Å². The Balaban J connectivity index is 1.51. The summed E-state index contributed by atoms with van der Waals surface area (Å²) in [6.45, 7) is 7.11. The number of amides is 1. The molecule has 1 saturated heterocycles. The third-order valence-electron chi connectivity index (χ3n) is 5.17. The fraction of sp³-hybridized carbons (Fsp3) is 0.500. The van der Waals surface area contributed by atoms with Crippen molar-refractivity contribution in [1.29, 1.82) is 0 Å². The summed E-state index contributed by atoms with van der Waals surface area (Å²) in [4.78, 5) is 14.4. The summed E-state index contributed by atoms with van der Waals surface area (Å²) in [5, 5.41) is 3.93. The third kappa shape index (κ3) is 4.09. The summed E-state index contributed by atoms with van der Waals surface area (Å²) in [6.07, 6.45) is 2.95. The average molecular weight is 344 g/mol. The maximum atomic E-state index is 13.7. The van der Waals surface area contributed by atoms with E-state index in [-0.39, 0.29) is 11.7 Å². The lowest BCUT2D eigenvalue weighted by Crippen LogP contribution is -2.29. The molecule has 134 valence electrons. The van der Waals surface area contributed by atoms with Crippen LogP contribution in [0.2, 0.25) is 0 Å². The standard InChI is InChI=1S/C20H25FN2O2/c1-13-4-5-16(11-19(13)21)10-17-8-9-23(12-17)20(24)7-6-18-14(2)22-25-15(18)3/h4-5,11,17H,6-10,12H2,1-3H3. The van der Waals surface area contributed by atoms with Gasteiger partial charge in [-0.2, -0.15) is 0 Å². The topological polar surface area (TPSA) is 46.3 Å². The fourth-order valence-electron chi connectivity index (χ4n) is 3.57. The molecule has 1 atom stereocenters. The lowest BCUT2D eigenvalue weighted by molar-refractivity contribution is -0.130. The largest absolute Gasteiger partial charge is 0.361 e. The molecule has 0 N–H and O–H groups in total. The van der Waals surface area contributed by atoms with Crippen LogP contribution in [0.15, 0.2) is 22.7 Å². The van der Waals surface area contributed by atoms with Crippen molar-refractivity contribution >= 4 is 5.91 Å². The van der Waals surface area contributed by atoms with E-state index in [0.29, 0.717) is 24.3 Å². The molecule has 0 aliphatic carbocycles. The molecule has 2 heterocycles. The minimum atomic E-state index is -0.150. The average Bonchev–Trinajstić information content (AvgIpc) is 3.16. The molecule has 1 aliphatic heterocycles. The van der Waals surface area contributed by atoms with Gasteiger partial charge in [0.25, 0.3) is 0 Å². The lowest BCUT2D eigenvalue weighted by atomic mass is 9.98. The van der Waals surface area contributed by atoms with Crippen molar-refractivity contribution < 1.29 is 13.7 Å². The Labute approximate surface area is 148 Å². The number of nitrogens with zero attached hydrogens (tertiary/aromatic N) is 2. The highest BCUT2D eigenvalue weighted by Gasteiger charge is 2.26. The van der Waals surface area contributed by atoms with E-state index in [0.717, 1.165) is 48.5 Å². The fourth-order valence-corrected chi connectivity index (χ4v) is 3.57. The number of likely N-dealkylation sites (tertiary alicyclic amines) is 1. The molecular weight excluding hydrogens is 319 g/mol. The minimum Gasteiger partial charge on any atom is -0.361 e. The maximum absolute atomic E-state index is 13.7. The molecule has 1 aromatic heterocycles. The van der Waals surface area contributed by atoms with E-state index in [1.807, 2.05) is 30.9 Å². The van der Waals surface area contributed by atoms with Crippen LogP contribution in [0.3, 0.4) is 0 Å². The van der Waals surface area contributed by atoms with E-state index >= 15 is 0 Å². The van der Waals surface area contributed by atoms with Crippen LogP contribution in [-0.2, 0) is 17.6 Å². The van der Waals surface area contributed by atoms with Crippen molar-refractivity contribution in [1.82, 2.24) is 10.1 Å². The zero-order valence-electron chi connectivity index (χ0n) is 15.1. The van der Waals surface area contributed by atoms with Crippen LogP contribution >= 0.6 is 0 Å². The van der Waals surface area contributed by atoms with Crippen LogP contribution < -0.4 is 0 Å². The third-order valence-corrected chi connectivity index (χ3v) is 5.17. The van der Waals surface area contributed by atoms with E-state index in [4.69, 9.17) is 4.52 Å². The van der Waals surface area contributed by atoms with Gasteiger partial charge in [-0.25, -0.2) is 4.39 Å². The summed E-state index contributed by atoms with van der Waals surface area (Å²) in [6, 6.07) is 5.43. The number of benzene rings is 1. The molecule has 4 nitrogen and oxygen atoms in total. The number of rotatable bonds is 5. The van der Waals surface area contributed by atoms with Gasteiger partial charge in [-0.1, -0.05) is 17.3 Å². The molecule has 1 aromatic carbocycles. The Kier molecular flexibility index (Phi) is 5.21. The smallest absolute Gasteiger partial charge is 0.222 e. The molecule has 0 saturated carbocycles. The number of aryl methyl sites for hydroxylation is 3. The zero-order valence-corrected chi connectivity index (χ0v) is 15.1. The summed E-state index contributed by atoms with van der Waals surface area (Å²) in [5.41, 5.74) is 3.59. The van der Waals surface area contributed by atoms with Crippen molar-refractivity contribution in [3.63, 3.8) is 0 Å². The predicted molar refractivity (Wildman–Crippen MR) is 93.8 cm³/mol. The molecule has 1 fully saturated rings. The van der Waals surface area contributed by atoms with Crippen LogP contribution in [-0.4, -0.2) is 29.1 Å². The molecule has 2 aromatic rings. The van der Waals surface area contributed by atoms with Crippen LogP contribution in [0.25, 0.3) is 0 Å². The Hall–Kier alpha value is -2.17. The zero-order chi connectivity index (χ0) is 18.0. The Morgan fingerprint density at radius 3 is 2.84 bits per heavy atom. The minimum absolute atomic E-state index is 0.150. The van der Waals surface area contributed by atoms with E-state index in [9.17, 15) is 9.18 Å². The summed E-state index contributed by atoms with van der Waals surface area (Å²) in [5.74, 6) is 1.23. The second kappa shape index (κ2) is 7.38. The predicted octanol–water partition coefficient (Wildman–Crippen LogP) is 3.76. The van der Waals surface area contributed by atoms with Crippen molar-refractivity contribution in [2.24, 2.45) is 5.92 Å². The Morgan fingerprint density at radius 2 is 2.16 bits per heavy atom. The van der Waals surface area contributed by atoms with Gasteiger partial charge in [0.05, 0.1) is 5.69 Å². The van der Waals surface area contributed by atoms with E-state index < -0.39 is 0 Å². The molecular formula is C20H25FN2O2. The maximum Gasteiger partial charge on any atom is 0.222 e. The highest BCUT2D eigenvalue weighted by atomic mass is 19.1. The highest BCUT2D eigenvalue weighted by Crippen LogP contribution is 2.23. The van der Waals surface area contributed by atoms with E-state index in [1.54, 1.807) is 13.0 Å². The second-order valence-electron chi connectivity index (χ2n) is 7.08. The molecule has 0 spiro atoms. The van der Waals surface area contributed by atoms with Crippen LogP contribution in [0.4, 0.5) is 4.39 Å². The normalized spacial score (nSPS) is 17.3. The highest BCUT2D eigenvalue weighted by molar-refractivity contribution is 5.76. The second-order valence-corrected chi connectivity index (χ2v) is 7.08. The lowest BCUT2D eigenvalue weighted by Gasteiger charge is -2.17. The number of hydrogen-bond donors (Lipinski definition) is 0. The molecule has 5 heteroatoms. The quantitative estimate of drug-likeness (QED) is 0.830. The number of hydrogen-bond acceptors (Lipinski definition) is 3. The molecule has 0 bridgehead atoms. The monoisotopic (exact) mass is 344 g/mol. The summed E-state index contributed by atoms with van der Waals surface area (Å²) in [7, 11) is 0. The molecule has 0 radical (unpaired) electrons. The first-order valence-corrected chi connectivity index (χ1v) is 8.88. The first-order chi connectivity index (χ1) is 11.9. The van der Waals surface area contributed by atoms with Gasteiger partial charge in [-0.3, -0.25) is 4.79 Å². The van der Waals surface area contributed by atoms with Crippen molar-refractivity contribution in [2.75, 3.05) is 13.1 Å². The number of carbonyl (C=O) groups excluding carboxylic acids is 1. The van der Waals surface area contributed by atoms with Crippen LogP contribution in [0.5, 0.6) is 0 Å². The first kappa shape index (κ1) is 17.6. The first-order valence-electron chi connectivity index (χ1n) is 8.88. The summed E-state index contributed by atoms with van der Waals surface area (Å²) >= 11 is 0. The SMILES string of the molecule is Cc1ccc(CC2CCN(C(=O)CCc3c(C)noc3C)C2)cc1F. The molecule has 3 rings (SSSR count). The van der Waals surface area contributed by atoms with E-state index in [2.05, 4.69) is 5.16 Å². The van der Waals surface area contributed by atoms with Gasteiger partial charge in [0, 0.05) is 25.1 Å². The molecule has 1 unspecified atom stereocenters. The molecule has 25 heavy (non-hydrogen) atoms. The molecule has 1 amide bonds. The van der Waals surface area contributed by atoms with Gasteiger partial charge < -0.3 is 9.42 Å². The van der Waals surface area contributed by atoms with Crippen LogP contribution in [0.1, 0.15) is 41.0 Å². The van der Waals surface area contributed by atoms with E-state index in [1.165, 1.54) is 0 Å². The Bertz CT molecular complexity index is 750. The van der Waals surface area contributed by atoms with Gasteiger partial charge in [0.15, 0.2) is 0 Å². The number of aromatic nitrogens is 1. The van der Waals surface area contributed by atoms with Crippen molar-refractivity contribution in [3.8, 4) is 0 Å². The molecule has 1 aliphatic rings. The van der Waals surface area contributed by atoms with Crippen LogP contribution in [0, 0.1) is 32.5 Å². The number of halogens is 1. The Morgan fingerprint density at radius 1 is 1.36 bits per heavy atom. The van der Waals surface area contributed by atoms with Gasteiger partial charge in [0.2, 0.25) is 5.91 Å².